The van der Waals surface area contributed by atoms with Crippen LogP contribution in [0, 0.1) is 0 Å². The molecule has 98 valence electrons. The number of carbonyl (C=O) groups is 1. The summed E-state index contributed by atoms with van der Waals surface area (Å²) in [5.74, 6) is 0.120. The third-order valence-electron chi connectivity index (χ3n) is 3.27. The third-order valence-corrected chi connectivity index (χ3v) is 3.27. The van der Waals surface area contributed by atoms with Crippen molar-refractivity contribution >= 4 is 11.6 Å². The molecule has 1 aliphatic heterocycles. The Kier molecular flexibility index (Phi) is 4.15. The second kappa shape index (κ2) is 5.82. The smallest absolute Gasteiger partial charge is 0.221 e. The largest absolute Gasteiger partial charge is 0.368 e. The Morgan fingerprint density at radius 2 is 2.33 bits per heavy atom. The molecule has 5 nitrogen and oxygen atoms in total. The molecule has 1 amide bonds. The number of carbonyl (C=O) groups excluding carboxylic acids is 1. The number of amides is 1. The van der Waals surface area contributed by atoms with E-state index in [1.165, 1.54) is 0 Å². The Balaban J connectivity index is 2.06. The predicted octanol–water partition coefficient (Wildman–Crippen LogP) is 0.818. The molecule has 1 aromatic heterocycles. The predicted molar refractivity (Wildman–Crippen MR) is 71.3 cm³/mol. The molecule has 0 spiro atoms. The van der Waals surface area contributed by atoms with Crippen LogP contribution in [-0.2, 0) is 4.79 Å². The fourth-order valence-electron chi connectivity index (χ4n) is 2.04. The number of aromatic nitrogens is 1. The zero-order valence-electron chi connectivity index (χ0n) is 10.7. The topological polar surface area (TPSA) is 71.2 Å². The van der Waals surface area contributed by atoms with E-state index in [0.29, 0.717) is 13.0 Å². The summed E-state index contributed by atoms with van der Waals surface area (Å²) >= 11 is 0. The van der Waals surface area contributed by atoms with Crippen LogP contribution in [-0.4, -0.2) is 30.5 Å². The summed E-state index contributed by atoms with van der Waals surface area (Å²) in [5, 5.41) is 2.86. The molecule has 2 rings (SSSR count). The molecule has 0 aliphatic carbocycles. The number of hydrogen-bond acceptors (Lipinski definition) is 4. The van der Waals surface area contributed by atoms with E-state index in [2.05, 4.69) is 15.2 Å². The van der Waals surface area contributed by atoms with Crippen LogP contribution in [0.5, 0.6) is 0 Å². The van der Waals surface area contributed by atoms with Gasteiger partial charge in [-0.3, -0.25) is 9.78 Å². The van der Waals surface area contributed by atoms with Crippen LogP contribution >= 0.6 is 0 Å². The number of nitrogens with one attached hydrogen (secondary N) is 1. The van der Waals surface area contributed by atoms with E-state index >= 15 is 0 Å². The second-order valence-corrected chi connectivity index (χ2v) is 4.54. The van der Waals surface area contributed by atoms with Crippen LogP contribution in [0.3, 0.4) is 0 Å². The van der Waals surface area contributed by atoms with Gasteiger partial charge in [0, 0.05) is 32.1 Å². The summed E-state index contributed by atoms with van der Waals surface area (Å²) in [6.07, 6.45) is 3.27. The van der Waals surface area contributed by atoms with Crippen molar-refractivity contribution in [2.45, 2.75) is 25.8 Å². The van der Waals surface area contributed by atoms with Crippen LogP contribution in [0.4, 0.5) is 5.69 Å². The number of anilines is 1. The minimum atomic E-state index is 0.00595. The lowest BCUT2D eigenvalue weighted by Crippen LogP contribution is -2.28. The number of nitrogens with zero attached hydrogens (tertiary/aromatic N) is 2. The van der Waals surface area contributed by atoms with Gasteiger partial charge in [-0.15, -0.1) is 0 Å². The Labute approximate surface area is 107 Å². The Hall–Kier alpha value is -1.62. The standard InChI is InChI=1S/C13H20N4O/c1-2-11(14)12-4-3-10(9-16-12)17-7-5-13(18)15-6-8-17/h3-4,9,11H,2,5-8,14H2,1H3,(H,15,18)/t11-/m1/s1. The van der Waals surface area contributed by atoms with Crippen molar-refractivity contribution in [3.05, 3.63) is 24.0 Å². The van der Waals surface area contributed by atoms with Gasteiger partial charge >= 0.3 is 0 Å². The molecule has 1 aromatic rings. The van der Waals surface area contributed by atoms with E-state index < -0.39 is 0 Å². The molecule has 1 fully saturated rings. The average molecular weight is 248 g/mol. The maximum absolute atomic E-state index is 11.3. The van der Waals surface area contributed by atoms with Gasteiger partial charge in [0.05, 0.1) is 17.6 Å². The highest BCUT2D eigenvalue weighted by Crippen LogP contribution is 2.17. The number of hydrogen-bond donors (Lipinski definition) is 2. The Morgan fingerprint density at radius 1 is 1.50 bits per heavy atom. The van der Waals surface area contributed by atoms with Gasteiger partial charge in [-0.25, -0.2) is 0 Å². The molecular formula is C13H20N4O. The minimum Gasteiger partial charge on any atom is -0.368 e. The molecule has 1 saturated heterocycles. The van der Waals surface area contributed by atoms with Gasteiger partial charge in [-0.2, -0.15) is 0 Å². The van der Waals surface area contributed by atoms with Gasteiger partial charge in [-0.05, 0) is 18.6 Å². The van der Waals surface area contributed by atoms with Gasteiger partial charge in [0.1, 0.15) is 0 Å². The second-order valence-electron chi connectivity index (χ2n) is 4.54. The summed E-state index contributed by atoms with van der Waals surface area (Å²) in [6.45, 7) is 4.31. The number of rotatable bonds is 3. The SMILES string of the molecule is CC[C@@H](N)c1ccc(N2CCNC(=O)CC2)cn1. The summed E-state index contributed by atoms with van der Waals surface area (Å²) < 4.78 is 0. The van der Waals surface area contributed by atoms with Gasteiger partial charge in [0.15, 0.2) is 0 Å². The van der Waals surface area contributed by atoms with Crippen molar-refractivity contribution < 1.29 is 4.79 Å². The Bertz CT molecular complexity index is 404. The van der Waals surface area contributed by atoms with E-state index in [0.717, 1.165) is 30.9 Å². The monoisotopic (exact) mass is 248 g/mol. The highest BCUT2D eigenvalue weighted by Gasteiger charge is 2.14. The molecule has 0 aromatic carbocycles. The Morgan fingerprint density at radius 3 is 3.00 bits per heavy atom. The molecule has 1 atom stereocenters. The maximum Gasteiger partial charge on any atom is 0.221 e. The lowest BCUT2D eigenvalue weighted by Gasteiger charge is -2.21. The quantitative estimate of drug-likeness (QED) is 0.830. The van der Waals surface area contributed by atoms with E-state index in [9.17, 15) is 4.79 Å². The van der Waals surface area contributed by atoms with Crippen LogP contribution in [0.1, 0.15) is 31.5 Å². The van der Waals surface area contributed by atoms with Crippen LogP contribution in [0.2, 0.25) is 0 Å². The van der Waals surface area contributed by atoms with Crippen molar-refractivity contribution in [2.75, 3.05) is 24.5 Å². The summed E-state index contributed by atoms with van der Waals surface area (Å²) in [7, 11) is 0. The highest BCUT2D eigenvalue weighted by molar-refractivity contribution is 5.77. The minimum absolute atomic E-state index is 0.00595. The van der Waals surface area contributed by atoms with Crippen molar-refractivity contribution in [2.24, 2.45) is 5.73 Å². The molecular weight excluding hydrogens is 228 g/mol. The fourth-order valence-corrected chi connectivity index (χ4v) is 2.04. The maximum atomic E-state index is 11.3. The molecule has 0 unspecified atom stereocenters. The van der Waals surface area contributed by atoms with Crippen LogP contribution in [0.15, 0.2) is 18.3 Å². The highest BCUT2D eigenvalue weighted by atomic mass is 16.1. The summed E-state index contributed by atoms with van der Waals surface area (Å²) in [6, 6.07) is 4.02. The first-order valence-corrected chi connectivity index (χ1v) is 6.44. The third kappa shape index (κ3) is 2.98. The normalized spacial score (nSPS) is 18.1. The summed E-state index contributed by atoms with van der Waals surface area (Å²) in [5.41, 5.74) is 7.91. The zero-order valence-corrected chi connectivity index (χ0v) is 10.7. The first-order chi connectivity index (χ1) is 8.70. The van der Waals surface area contributed by atoms with Gasteiger partial charge in [0.2, 0.25) is 5.91 Å². The molecule has 1 aliphatic rings. The van der Waals surface area contributed by atoms with E-state index in [-0.39, 0.29) is 11.9 Å². The van der Waals surface area contributed by atoms with Crippen LogP contribution < -0.4 is 16.0 Å². The molecule has 18 heavy (non-hydrogen) atoms. The van der Waals surface area contributed by atoms with Crippen LogP contribution in [0.25, 0.3) is 0 Å². The molecule has 0 radical (unpaired) electrons. The van der Waals surface area contributed by atoms with Crippen molar-refractivity contribution in [1.29, 1.82) is 0 Å². The molecule has 3 N–H and O–H groups in total. The lowest BCUT2D eigenvalue weighted by atomic mass is 10.1. The first-order valence-electron chi connectivity index (χ1n) is 6.44. The number of nitrogens with two attached hydrogens (primary N) is 1. The van der Waals surface area contributed by atoms with Crippen molar-refractivity contribution in [3.8, 4) is 0 Å². The van der Waals surface area contributed by atoms with Gasteiger partial charge < -0.3 is 16.0 Å². The zero-order chi connectivity index (χ0) is 13.0. The van der Waals surface area contributed by atoms with Gasteiger partial charge in [0.25, 0.3) is 0 Å². The molecule has 0 saturated carbocycles. The lowest BCUT2D eigenvalue weighted by molar-refractivity contribution is -0.120. The van der Waals surface area contributed by atoms with Crippen molar-refractivity contribution in [1.82, 2.24) is 10.3 Å². The fraction of sp³-hybridized carbons (Fsp3) is 0.538. The molecule has 5 heteroatoms. The van der Waals surface area contributed by atoms with E-state index in [4.69, 9.17) is 5.73 Å². The molecule has 2 heterocycles. The molecule has 0 bridgehead atoms. The van der Waals surface area contributed by atoms with Gasteiger partial charge in [-0.1, -0.05) is 6.92 Å². The van der Waals surface area contributed by atoms with E-state index in [1.54, 1.807) is 0 Å². The number of pyridine rings is 1. The van der Waals surface area contributed by atoms with E-state index in [1.807, 2.05) is 25.3 Å². The first kappa shape index (κ1) is 12.8. The average Bonchev–Trinajstić information content (AvgIpc) is 2.63. The summed E-state index contributed by atoms with van der Waals surface area (Å²) in [4.78, 5) is 17.8. The van der Waals surface area contributed by atoms with Crippen molar-refractivity contribution in [3.63, 3.8) is 0 Å².